The van der Waals surface area contributed by atoms with Crippen LogP contribution >= 0.6 is 0 Å². The van der Waals surface area contributed by atoms with Gasteiger partial charge in [-0.25, -0.2) is 0 Å². The second-order valence-corrected chi connectivity index (χ2v) is 6.89. The molecule has 4 nitrogen and oxygen atoms in total. The van der Waals surface area contributed by atoms with E-state index in [1.54, 1.807) is 6.08 Å². The highest BCUT2D eigenvalue weighted by Crippen LogP contribution is 2.18. The predicted octanol–water partition coefficient (Wildman–Crippen LogP) is 5.76. The third kappa shape index (κ3) is 6.24. The minimum Gasteiger partial charge on any atom is -0.489 e. The number of rotatable bonds is 9. The summed E-state index contributed by atoms with van der Waals surface area (Å²) in [5.41, 5.74) is 4.01. The second-order valence-electron chi connectivity index (χ2n) is 6.89. The van der Waals surface area contributed by atoms with Crippen LogP contribution in [0, 0.1) is 0 Å². The van der Waals surface area contributed by atoms with Crippen LogP contribution in [0.4, 0.5) is 11.4 Å². The van der Waals surface area contributed by atoms with Crippen molar-refractivity contribution in [2.24, 2.45) is 0 Å². The Kier molecular flexibility index (Phi) is 7.67. The molecule has 0 aliphatic rings. The van der Waals surface area contributed by atoms with E-state index >= 15 is 0 Å². The van der Waals surface area contributed by atoms with Crippen molar-refractivity contribution < 1.29 is 9.53 Å². The first-order chi connectivity index (χ1) is 14.7. The molecule has 0 bridgehead atoms. The van der Waals surface area contributed by atoms with Crippen molar-refractivity contribution in [3.63, 3.8) is 0 Å². The molecule has 3 aromatic carbocycles. The third-order valence-corrected chi connectivity index (χ3v) is 4.82. The summed E-state index contributed by atoms with van der Waals surface area (Å²) in [7, 11) is 0. The average Bonchev–Trinajstić information content (AvgIpc) is 2.79. The Morgan fingerprint density at radius 2 is 1.57 bits per heavy atom. The minimum absolute atomic E-state index is 0.157. The maximum Gasteiger partial charge on any atom is 0.248 e. The van der Waals surface area contributed by atoms with E-state index in [2.05, 4.69) is 24.1 Å². The van der Waals surface area contributed by atoms with Gasteiger partial charge in [0, 0.05) is 30.5 Å². The van der Waals surface area contributed by atoms with E-state index in [0.717, 1.165) is 41.3 Å². The molecule has 0 fully saturated rings. The first-order valence-electron chi connectivity index (χ1n) is 10.3. The minimum atomic E-state index is -0.157. The normalized spacial score (nSPS) is 10.7. The van der Waals surface area contributed by atoms with Gasteiger partial charge < -0.3 is 15.0 Å². The summed E-state index contributed by atoms with van der Waals surface area (Å²) in [5, 5.41) is 2.90. The molecule has 0 heterocycles. The summed E-state index contributed by atoms with van der Waals surface area (Å²) >= 11 is 0. The molecule has 3 rings (SSSR count). The summed E-state index contributed by atoms with van der Waals surface area (Å²) < 4.78 is 5.79. The summed E-state index contributed by atoms with van der Waals surface area (Å²) in [6, 6.07) is 25.7. The number of carbonyl (C=O) groups excluding carboxylic acids is 1. The highest BCUT2D eigenvalue weighted by atomic mass is 16.5. The van der Waals surface area contributed by atoms with Gasteiger partial charge in [-0.05, 0) is 67.4 Å². The number of ether oxygens (including phenoxy) is 1. The fraction of sp³-hybridized carbons (Fsp3) is 0.192. The monoisotopic (exact) mass is 400 g/mol. The summed E-state index contributed by atoms with van der Waals surface area (Å²) in [5.74, 6) is 0.642. The summed E-state index contributed by atoms with van der Waals surface area (Å²) in [6.45, 7) is 6.71. The number of carbonyl (C=O) groups is 1. The Labute approximate surface area is 178 Å². The lowest BCUT2D eigenvalue weighted by Crippen LogP contribution is -2.21. The fourth-order valence-electron chi connectivity index (χ4n) is 3.12. The maximum absolute atomic E-state index is 12.2. The van der Waals surface area contributed by atoms with E-state index in [9.17, 15) is 4.79 Å². The lowest BCUT2D eigenvalue weighted by atomic mass is 10.2. The second kappa shape index (κ2) is 10.9. The van der Waals surface area contributed by atoms with Crippen LogP contribution in [0.1, 0.15) is 25.0 Å². The van der Waals surface area contributed by atoms with Gasteiger partial charge in [-0.2, -0.15) is 0 Å². The van der Waals surface area contributed by atoms with E-state index in [1.165, 1.54) is 6.08 Å². The van der Waals surface area contributed by atoms with Crippen molar-refractivity contribution in [3.05, 3.63) is 96.1 Å². The highest BCUT2D eigenvalue weighted by Gasteiger charge is 2.03. The topological polar surface area (TPSA) is 41.6 Å². The van der Waals surface area contributed by atoms with Gasteiger partial charge in [0.15, 0.2) is 0 Å². The van der Waals surface area contributed by atoms with Crippen LogP contribution in [-0.2, 0) is 11.4 Å². The van der Waals surface area contributed by atoms with E-state index in [4.69, 9.17) is 4.74 Å². The first kappa shape index (κ1) is 21.2. The molecule has 0 saturated heterocycles. The molecule has 1 N–H and O–H groups in total. The smallest absolute Gasteiger partial charge is 0.248 e. The molecule has 30 heavy (non-hydrogen) atoms. The van der Waals surface area contributed by atoms with E-state index in [-0.39, 0.29) is 5.91 Å². The molecule has 0 aromatic heterocycles. The molecule has 0 aliphatic carbocycles. The average molecular weight is 401 g/mol. The summed E-state index contributed by atoms with van der Waals surface area (Å²) in [4.78, 5) is 14.5. The molecule has 4 heteroatoms. The van der Waals surface area contributed by atoms with Gasteiger partial charge in [-0.15, -0.1) is 0 Å². The van der Waals surface area contributed by atoms with Crippen LogP contribution in [0.25, 0.3) is 6.08 Å². The lowest BCUT2D eigenvalue weighted by Gasteiger charge is -2.21. The predicted molar refractivity (Wildman–Crippen MR) is 125 cm³/mol. The first-order valence-corrected chi connectivity index (χ1v) is 10.3. The van der Waals surface area contributed by atoms with Crippen molar-refractivity contribution in [1.29, 1.82) is 0 Å². The summed E-state index contributed by atoms with van der Waals surface area (Å²) in [6.07, 6.45) is 3.33. The number of nitrogens with one attached hydrogen (secondary N) is 1. The molecular formula is C26H28N2O2. The van der Waals surface area contributed by atoms with Crippen LogP contribution in [0.2, 0.25) is 0 Å². The Morgan fingerprint density at radius 1 is 0.900 bits per heavy atom. The lowest BCUT2D eigenvalue weighted by molar-refractivity contribution is -0.111. The van der Waals surface area contributed by atoms with Crippen molar-refractivity contribution in [2.45, 2.75) is 20.5 Å². The molecule has 0 aliphatic heterocycles. The maximum atomic E-state index is 12.2. The number of anilines is 2. The molecule has 0 radical (unpaired) electrons. The Bertz CT molecular complexity index is 945. The molecule has 1 amide bonds. The molecular weight excluding hydrogens is 372 g/mol. The third-order valence-electron chi connectivity index (χ3n) is 4.82. The van der Waals surface area contributed by atoms with Gasteiger partial charge in [0.05, 0.1) is 0 Å². The quantitative estimate of drug-likeness (QED) is 0.464. The Morgan fingerprint density at radius 3 is 2.20 bits per heavy atom. The number of nitrogens with zero attached hydrogens (tertiary/aromatic N) is 1. The van der Waals surface area contributed by atoms with Gasteiger partial charge in [0.2, 0.25) is 5.91 Å². The number of hydrogen-bond donors (Lipinski definition) is 1. The molecule has 0 unspecified atom stereocenters. The van der Waals surface area contributed by atoms with Crippen molar-refractivity contribution in [3.8, 4) is 5.75 Å². The van der Waals surface area contributed by atoms with Gasteiger partial charge in [0.25, 0.3) is 0 Å². The SMILES string of the molecule is CCN(CC)c1ccc(NC(=O)/C=C/c2ccc(OCc3ccccc3)cc2)cc1. The van der Waals surface area contributed by atoms with Gasteiger partial charge in [-0.1, -0.05) is 42.5 Å². The Balaban J connectivity index is 1.50. The standard InChI is InChI=1S/C26H28N2O2/c1-3-28(4-2)24-15-13-23(14-16-24)27-26(29)19-12-21-10-17-25(18-11-21)30-20-22-8-6-5-7-9-22/h5-19H,3-4,20H2,1-2H3,(H,27,29)/b19-12+. The zero-order valence-electron chi connectivity index (χ0n) is 17.5. The van der Waals surface area contributed by atoms with Crippen LogP contribution < -0.4 is 15.0 Å². The molecule has 154 valence electrons. The highest BCUT2D eigenvalue weighted by molar-refractivity contribution is 6.02. The van der Waals surface area contributed by atoms with Gasteiger partial charge >= 0.3 is 0 Å². The molecule has 3 aromatic rings. The largest absolute Gasteiger partial charge is 0.489 e. The molecule has 0 saturated carbocycles. The van der Waals surface area contributed by atoms with Crippen LogP contribution in [0.15, 0.2) is 84.9 Å². The molecule has 0 atom stereocenters. The van der Waals surface area contributed by atoms with Gasteiger partial charge in [0.1, 0.15) is 12.4 Å². The zero-order chi connectivity index (χ0) is 21.2. The fourth-order valence-corrected chi connectivity index (χ4v) is 3.12. The van der Waals surface area contributed by atoms with E-state index in [0.29, 0.717) is 6.61 Å². The number of hydrogen-bond acceptors (Lipinski definition) is 3. The Hall–Kier alpha value is -3.53. The van der Waals surface area contributed by atoms with E-state index in [1.807, 2.05) is 78.9 Å². The van der Waals surface area contributed by atoms with Gasteiger partial charge in [-0.3, -0.25) is 4.79 Å². The zero-order valence-corrected chi connectivity index (χ0v) is 17.5. The number of amides is 1. The number of benzene rings is 3. The van der Waals surface area contributed by atoms with Crippen LogP contribution in [0.5, 0.6) is 5.75 Å². The van der Waals surface area contributed by atoms with Crippen LogP contribution in [-0.4, -0.2) is 19.0 Å². The van der Waals surface area contributed by atoms with E-state index < -0.39 is 0 Å². The van der Waals surface area contributed by atoms with Crippen molar-refractivity contribution in [2.75, 3.05) is 23.3 Å². The van der Waals surface area contributed by atoms with Crippen LogP contribution in [0.3, 0.4) is 0 Å². The van der Waals surface area contributed by atoms with Crippen molar-refractivity contribution in [1.82, 2.24) is 0 Å². The van der Waals surface area contributed by atoms with Crippen molar-refractivity contribution >= 4 is 23.4 Å². The molecule has 0 spiro atoms.